The molecule has 0 aliphatic carbocycles. The van der Waals surface area contributed by atoms with Gasteiger partial charge in [-0.2, -0.15) is 0 Å². The average Bonchev–Trinajstić information content (AvgIpc) is 2.34. The first kappa shape index (κ1) is 14.4. The molecule has 1 rings (SSSR count). The fraction of sp³-hybridized carbons (Fsp3) is 0.615. The van der Waals surface area contributed by atoms with E-state index in [0.29, 0.717) is 24.7 Å². The van der Waals surface area contributed by atoms with Crippen LogP contribution in [-0.2, 0) is 11.2 Å². The van der Waals surface area contributed by atoms with Crippen LogP contribution in [0.4, 0.5) is 5.82 Å². The van der Waals surface area contributed by atoms with Gasteiger partial charge in [-0.05, 0) is 18.8 Å². The quantitative estimate of drug-likeness (QED) is 0.777. The summed E-state index contributed by atoms with van der Waals surface area (Å²) < 4.78 is 0. The van der Waals surface area contributed by atoms with Gasteiger partial charge in [-0.3, -0.25) is 4.79 Å². The lowest BCUT2D eigenvalue weighted by atomic mass is 9.97. The zero-order chi connectivity index (χ0) is 13.5. The summed E-state index contributed by atoms with van der Waals surface area (Å²) in [4.78, 5) is 19.3. The number of hydrogen-bond donors (Lipinski definition) is 2. The van der Waals surface area contributed by atoms with Gasteiger partial charge in [-0.25, -0.2) is 9.97 Å². The summed E-state index contributed by atoms with van der Waals surface area (Å²) in [5, 5.41) is 12.2. The van der Waals surface area contributed by atoms with Crippen LogP contribution in [0.5, 0.6) is 0 Å². The molecule has 100 valence electrons. The number of carbonyl (C=O) groups is 1. The highest BCUT2D eigenvalue weighted by molar-refractivity contribution is 5.70. The van der Waals surface area contributed by atoms with E-state index in [1.807, 2.05) is 26.8 Å². The maximum Gasteiger partial charge on any atom is 0.308 e. The van der Waals surface area contributed by atoms with Crippen molar-refractivity contribution in [1.29, 1.82) is 0 Å². The summed E-state index contributed by atoms with van der Waals surface area (Å²) in [5.74, 6) is -0.0904. The first-order valence-corrected chi connectivity index (χ1v) is 6.30. The molecule has 0 bridgehead atoms. The number of rotatable bonds is 7. The van der Waals surface area contributed by atoms with Crippen LogP contribution in [0.15, 0.2) is 12.4 Å². The van der Waals surface area contributed by atoms with E-state index in [1.54, 1.807) is 0 Å². The third-order valence-electron chi connectivity index (χ3n) is 2.72. The van der Waals surface area contributed by atoms with Gasteiger partial charge in [0.15, 0.2) is 0 Å². The van der Waals surface area contributed by atoms with E-state index in [1.165, 1.54) is 6.33 Å². The van der Waals surface area contributed by atoms with Crippen molar-refractivity contribution < 1.29 is 9.90 Å². The van der Waals surface area contributed by atoms with Crippen molar-refractivity contribution in [2.75, 3.05) is 11.9 Å². The molecule has 0 spiro atoms. The summed E-state index contributed by atoms with van der Waals surface area (Å²) in [5.41, 5.74) is 0.947. The molecular weight excluding hydrogens is 230 g/mol. The first-order chi connectivity index (χ1) is 8.52. The van der Waals surface area contributed by atoms with E-state index in [-0.39, 0.29) is 5.92 Å². The van der Waals surface area contributed by atoms with Crippen LogP contribution in [0.3, 0.4) is 0 Å². The maximum absolute atomic E-state index is 11.1. The molecular formula is C13H21N3O2. The van der Waals surface area contributed by atoms with Crippen LogP contribution in [0.1, 0.15) is 32.9 Å². The number of carboxylic acids is 1. The Morgan fingerprint density at radius 2 is 2.17 bits per heavy atom. The normalized spacial score (nSPS) is 12.4. The molecule has 0 aliphatic heterocycles. The molecule has 0 aromatic carbocycles. The number of carboxylic acid groups (broad SMARTS) is 1. The van der Waals surface area contributed by atoms with E-state index >= 15 is 0 Å². The number of nitrogens with one attached hydrogen (secondary N) is 1. The van der Waals surface area contributed by atoms with Gasteiger partial charge in [0.1, 0.15) is 12.1 Å². The average molecular weight is 251 g/mol. The predicted molar refractivity (Wildman–Crippen MR) is 70.5 cm³/mol. The fourth-order valence-electron chi connectivity index (χ4n) is 1.76. The molecule has 1 aromatic heterocycles. The van der Waals surface area contributed by atoms with Crippen LogP contribution in [0, 0.1) is 11.8 Å². The topological polar surface area (TPSA) is 75.1 Å². The van der Waals surface area contributed by atoms with Gasteiger partial charge in [0.05, 0.1) is 5.92 Å². The van der Waals surface area contributed by atoms with Gasteiger partial charge in [-0.1, -0.05) is 20.8 Å². The van der Waals surface area contributed by atoms with Crippen LogP contribution >= 0.6 is 0 Å². The summed E-state index contributed by atoms with van der Waals surface area (Å²) >= 11 is 0. The molecule has 0 aliphatic rings. The van der Waals surface area contributed by atoms with E-state index in [2.05, 4.69) is 15.3 Å². The Kier molecular flexibility index (Phi) is 5.55. The largest absolute Gasteiger partial charge is 0.481 e. The Hall–Kier alpha value is -1.65. The number of nitrogens with zero attached hydrogens (tertiary/aromatic N) is 2. The molecule has 1 aromatic rings. The van der Waals surface area contributed by atoms with E-state index in [0.717, 1.165) is 12.1 Å². The van der Waals surface area contributed by atoms with Gasteiger partial charge < -0.3 is 10.4 Å². The molecule has 0 fully saturated rings. The van der Waals surface area contributed by atoms with Crippen molar-refractivity contribution in [1.82, 2.24) is 9.97 Å². The summed E-state index contributed by atoms with van der Waals surface area (Å²) in [7, 11) is 0. The SMILES string of the molecule is CCc1cc(NCC(CC(C)C)C(=O)O)ncn1. The van der Waals surface area contributed by atoms with Crippen molar-refractivity contribution in [2.45, 2.75) is 33.6 Å². The first-order valence-electron chi connectivity index (χ1n) is 6.30. The molecule has 2 N–H and O–H groups in total. The molecule has 5 heteroatoms. The van der Waals surface area contributed by atoms with Crippen molar-refractivity contribution in [3.05, 3.63) is 18.1 Å². The third-order valence-corrected chi connectivity index (χ3v) is 2.72. The minimum Gasteiger partial charge on any atom is -0.481 e. The van der Waals surface area contributed by atoms with E-state index < -0.39 is 5.97 Å². The molecule has 5 nitrogen and oxygen atoms in total. The lowest BCUT2D eigenvalue weighted by Gasteiger charge is -2.15. The van der Waals surface area contributed by atoms with E-state index in [4.69, 9.17) is 5.11 Å². The highest BCUT2D eigenvalue weighted by atomic mass is 16.4. The number of aliphatic carboxylic acids is 1. The van der Waals surface area contributed by atoms with Gasteiger partial charge >= 0.3 is 5.97 Å². The predicted octanol–water partition coefficient (Wildman–Crippen LogP) is 2.20. The Bertz CT molecular complexity index is 394. The molecule has 0 saturated heterocycles. The highest BCUT2D eigenvalue weighted by Gasteiger charge is 2.18. The second-order valence-corrected chi connectivity index (χ2v) is 4.79. The van der Waals surface area contributed by atoms with Crippen LogP contribution in [0.25, 0.3) is 0 Å². The highest BCUT2D eigenvalue weighted by Crippen LogP contribution is 2.13. The summed E-state index contributed by atoms with van der Waals surface area (Å²) in [6.45, 7) is 6.46. The molecule has 0 saturated carbocycles. The minimum absolute atomic E-state index is 0.365. The van der Waals surface area contributed by atoms with Crippen molar-refractivity contribution >= 4 is 11.8 Å². The summed E-state index contributed by atoms with van der Waals surface area (Å²) in [6.07, 6.45) is 3.00. The Labute approximate surface area is 108 Å². The molecule has 18 heavy (non-hydrogen) atoms. The second kappa shape index (κ2) is 6.93. The molecule has 1 atom stereocenters. The van der Waals surface area contributed by atoms with E-state index in [9.17, 15) is 4.79 Å². The Balaban J connectivity index is 2.58. The molecule has 1 heterocycles. The zero-order valence-electron chi connectivity index (χ0n) is 11.2. The smallest absolute Gasteiger partial charge is 0.308 e. The Morgan fingerprint density at radius 1 is 1.44 bits per heavy atom. The lowest BCUT2D eigenvalue weighted by molar-refractivity contribution is -0.141. The van der Waals surface area contributed by atoms with Gasteiger partial charge in [0.25, 0.3) is 0 Å². The number of aromatic nitrogens is 2. The molecule has 1 unspecified atom stereocenters. The van der Waals surface area contributed by atoms with Gasteiger partial charge in [0, 0.05) is 18.3 Å². The van der Waals surface area contributed by atoms with Crippen LogP contribution in [-0.4, -0.2) is 27.6 Å². The summed E-state index contributed by atoms with van der Waals surface area (Å²) in [6, 6.07) is 1.86. The van der Waals surface area contributed by atoms with Crippen LogP contribution < -0.4 is 5.32 Å². The standard InChI is InChI=1S/C13H21N3O2/c1-4-11-6-12(16-8-15-11)14-7-10(13(17)18)5-9(2)3/h6,8-10H,4-5,7H2,1-3H3,(H,17,18)(H,14,15,16). The van der Waals surface area contributed by atoms with Gasteiger partial charge in [-0.15, -0.1) is 0 Å². The minimum atomic E-state index is -0.763. The maximum atomic E-state index is 11.1. The fourth-order valence-corrected chi connectivity index (χ4v) is 1.76. The molecule has 0 amide bonds. The third kappa shape index (κ3) is 4.69. The number of anilines is 1. The number of aryl methyl sites for hydroxylation is 1. The zero-order valence-corrected chi connectivity index (χ0v) is 11.2. The molecule has 0 radical (unpaired) electrons. The van der Waals surface area contributed by atoms with Crippen molar-refractivity contribution in [3.8, 4) is 0 Å². The van der Waals surface area contributed by atoms with Crippen molar-refractivity contribution in [2.24, 2.45) is 11.8 Å². The number of hydrogen-bond acceptors (Lipinski definition) is 4. The lowest BCUT2D eigenvalue weighted by Crippen LogP contribution is -2.24. The van der Waals surface area contributed by atoms with Crippen LogP contribution in [0.2, 0.25) is 0 Å². The van der Waals surface area contributed by atoms with Gasteiger partial charge in [0.2, 0.25) is 0 Å². The second-order valence-electron chi connectivity index (χ2n) is 4.79. The van der Waals surface area contributed by atoms with Crippen molar-refractivity contribution in [3.63, 3.8) is 0 Å². The monoisotopic (exact) mass is 251 g/mol. The Morgan fingerprint density at radius 3 is 2.72 bits per heavy atom.